The summed E-state index contributed by atoms with van der Waals surface area (Å²) in [5, 5.41) is 3.13. The molecule has 1 heterocycles. The quantitative estimate of drug-likeness (QED) is 0.882. The van der Waals surface area contributed by atoms with Gasteiger partial charge in [-0.3, -0.25) is 4.79 Å². The Kier molecular flexibility index (Phi) is 4.02. The van der Waals surface area contributed by atoms with Crippen molar-refractivity contribution in [3.05, 3.63) is 29.8 Å². The van der Waals surface area contributed by atoms with Crippen molar-refractivity contribution >= 4 is 11.6 Å². The highest BCUT2D eigenvalue weighted by Crippen LogP contribution is 2.19. The van der Waals surface area contributed by atoms with Gasteiger partial charge in [-0.2, -0.15) is 0 Å². The monoisotopic (exact) mass is 246 g/mol. The number of nitrogens with zero attached hydrogens (tertiary/aromatic N) is 1. The number of carbonyl (C=O) groups is 1. The summed E-state index contributed by atoms with van der Waals surface area (Å²) in [6, 6.07) is 8.33. The summed E-state index contributed by atoms with van der Waals surface area (Å²) in [4.78, 5) is 13.8. The van der Waals surface area contributed by atoms with Crippen molar-refractivity contribution in [3.8, 4) is 0 Å². The van der Waals surface area contributed by atoms with E-state index < -0.39 is 0 Å². The van der Waals surface area contributed by atoms with Crippen molar-refractivity contribution in [1.29, 1.82) is 0 Å². The summed E-state index contributed by atoms with van der Waals surface area (Å²) in [7, 11) is 1.86. The topological polar surface area (TPSA) is 32.3 Å². The molecule has 1 aliphatic rings. The van der Waals surface area contributed by atoms with E-state index in [9.17, 15) is 4.79 Å². The summed E-state index contributed by atoms with van der Waals surface area (Å²) in [5.41, 5.74) is 2.32. The third-order valence-corrected chi connectivity index (χ3v) is 3.43. The molecule has 1 aromatic carbocycles. The molecule has 1 aromatic rings. The zero-order valence-corrected chi connectivity index (χ0v) is 11.4. The van der Waals surface area contributed by atoms with Crippen LogP contribution in [0.5, 0.6) is 0 Å². The number of nitrogens with one attached hydrogen (secondary N) is 1. The fourth-order valence-electron chi connectivity index (χ4n) is 2.19. The predicted molar refractivity (Wildman–Crippen MR) is 74.8 cm³/mol. The number of hydrogen-bond acceptors (Lipinski definition) is 2. The van der Waals surface area contributed by atoms with Crippen molar-refractivity contribution in [2.24, 2.45) is 11.8 Å². The van der Waals surface area contributed by atoms with Crippen LogP contribution >= 0.6 is 0 Å². The van der Waals surface area contributed by atoms with E-state index >= 15 is 0 Å². The third-order valence-electron chi connectivity index (χ3n) is 3.43. The molecule has 3 heteroatoms. The van der Waals surface area contributed by atoms with Crippen LogP contribution in [0.1, 0.15) is 19.4 Å². The van der Waals surface area contributed by atoms with Gasteiger partial charge in [0.1, 0.15) is 0 Å². The van der Waals surface area contributed by atoms with E-state index in [0.29, 0.717) is 5.92 Å². The fourth-order valence-corrected chi connectivity index (χ4v) is 2.19. The molecule has 2 rings (SSSR count). The number of anilines is 1. The average Bonchev–Trinajstić information content (AvgIpc) is 2.26. The summed E-state index contributed by atoms with van der Waals surface area (Å²) in [6.07, 6.45) is 1.09. The van der Waals surface area contributed by atoms with Crippen LogP contribution in [0.15, 0.2) is 24.3 Å². The Labute approximate surface area is 109 Å². The molecule has 1 aliphatic heterocycles. The summed E-state index contributed by atoms with van der Waals surface area (Å²) in [5.74, 6) is 1.03. The van der Waals surface area contributed by atoms with Crippen LogP contribution < -0.4 is 10.2 Å². The van der Waals surface area contributed by atoms with Gasteiger partial charge in [0.2, 0.25) is 5.91 Å². The Balaban J connectivity index is 2.01. The highest BCUT2D eigenvalue weighted by atomic mass is 16.2. The largest absolute Gasteiger partial charge is 0.315 e. The Morgan fingerprint density at radius 1 is 1.33 bits per heavy atom. The first-order chi connectivity index (χ1) is 8.58. The van der Waals surface area contributed by atoms with E-state index in [4.69, 9.17) is 0 Å². The van der Waals surface area contributed by atoms with Crippen molar-refractivity contribution < 1.29 is 4.79 Å². The molecule has 0 atom stereocenters. The maximum atomic E-state index is 12.1. The lowest BCUT2D eigenvalue weighted by Gasteiger charge is -2.30. The van der Waals surface area contributed by atoms with Crippen LogP contribution in [0, 0.1) is 11.8 Å². The molecule has 1 N–H and O–H groups in total. The van der Waals surface area contributed by atoms with Crippen LogP contribution in [-0.4, -0.2) is 26.0 Å². The lowest BCUT2D eigenvalue weighted by atomic mass is 10.0. The molecule has 1 fully saturated rings. The van der Waals surface area contributed by atoms with Gasteiger partial charge >= 0.3 is 0 Å². The zero-order chi connectivity index (χ0) is 13.1. The van der Waals surface area contributed by atoms with Gasteiger partial charge in [0, 0.05) is 25.8 Å². The van der Waals surface area contributed by atoms with Crippen molar-refractivity contribution in [2.45, 2.75) is 20.3 Å². The lowest BCUT2D eigenvalue weighted by molar-refractivity contribution is -0.123. The van der Waals surface area contributed by atoms with Gasteiger partial charge in [0.25, 0.3) is 0 Å². The van der Waals surface area contributed by atoms with Crippen LogP contribution in [0.3, 0.4) is 0 Å². The number of hydrogen-bond donors (Lipinski definition) is 1. The van der Waals surface area contributed by atoms with E-state index in [2.05, 4.69) is 31.3 Å². The number of rotatable bonds is 4. The van der Waals surface area contributed by atoms with Crippen LogP contribution in [0.4, 0.5) is 5.69 Å². The number of carbonyl (C=O) groups excluding carboxylic acids is 1. The van der Waals surface area contributed by atoms with E-state index in [1.54, 1.807) is 4.90 Å². The van der Waals surface area contributed by atoms with Crippen molar-refractivity contribution in [2.75, 3.05) is 25.0 Å². The fraction of sp³-hybridized carbons (Fsp3) is 0.533. The Morgan fingerprint density at radius 3 is 2.39 bits per heavy atom. The van der Waals surface area contributed by atoms with E-state index in [1.807, 2.05) is 19.2 Å². The average molecular weight is 246 g/mol. The van der Waals surface area contributed by atoms with Gasteiger partial charge in [0.05, 0.1) is 5.92 Å². The molecule has 0 spiro atoms. The van der Waals surface area contributed by atoms with E-state index in [-0.39, 0.29) is 11.8 Å². The highest BCUT2D eigenvalue weighted by molar-refractivity contribution is 5.95. The Hall–Kier alpha value is -1.35. The van der Waals surface area contributed by atoms with Crippen molar-refractivity contribution in [1.82, 2.24) is 5.32 Å². The van der Waals surface area contributed by atoms with E-state index in [0.717, 1.165) is 25.2 Å². The molecular weight excluding hydrogens is 224 g/mol. The molecule has 0 radical (unpaired) electrons. The maximum absolute atomic E-state index is 12.1. The minimum absolute atomic E-state index is 0.158. The molecule has 1 amide bonds. The molecule has 0 unspecified atom stereocenters. The van der Waals surface area contributed by atoms with Gasteiger partial charge < -0.3 is 10.2 Å². The number of benzene rings is 1. The second kappa shape index (κ2) is 5.53. The maximum Gasteiger partial charge on any atom is 0.232 e. The zero-order valence-electron chi connectivity index (χ0n) is 11.4. The molecule has 18 heavy (non-hydrogen) atoms. The lowest BCUT2D eigenvalue weighted by Crippen LogP contribution is -2.51. The van der Waals surface area contributed by atoms with Crippen LogP contribution in [0.2, 0.25) is 0 Å². The molecule has 0 bridgehead atoms. The molecule has 98 valence electrons. The second-order valence-electron chi connectivity index (χ2n) is 5.52. The minimum Gasteiger partial charge on any atom is -0.315 e. The smallest absolute Gasteiger partial charge is 0.232 e. The predicted octanol–water partition coefficient (Wildman–Crippen LogP) is 2.07. The number of amides is 1. The molecule has 0 aromatic heterocycles. The van der Waals surface area contributed by atoms with Gasteiger partial charge in [-0.15, -0.1) is 0 Å². The van der Waals surface area contributed by atoms with Gasteiger partial charge in [-0.1, -0.05) is 26.0 Å². The molecule has 1 saturated heterocycles. The van der Waals surface area contributed by atoms with Crippen LogP contribution in [0.25, 0.3) is 0 Å². The molecule has 3 nitrogen and oxygen atoms in total. The molecular formula is C15H22N2O. The van der Waals surface area contributed by atoms with Gasteiger partial charge in [-0.05, 0) is 30.0 Å². The summed E-state index contributed by atoms with van der Waals surface area (Å²) < 4.78 is 0. The minimum atomic E-state index is 0.158. The summed E-state index contributed by atoms with van der Waals surface area (Å²) >= 11 is 0. The Bertz CT molecular complexity index is 407. The first-order valence-corrected chi connectivity index (χ1v) is 6.65. The van der Waals surface area contributed by atoms with Gasteiger partial charge in [-0.25, -0.2) is 0 Å². The van der Waals surface area contributed by atoms with Crippen LogP contribution in [-0.2, 0) is 11.2 Å². The molecule has 0 saturated carbocycles. The van der Waals surface area contributed by atoms with Gasteiger partial charge in [0.15, 0.2) is 0 Å². The highest BCUT2D eigenvalue weighted by Gasteiger charge is 2.27. The standard InChI is InChI=1S/C15H22N2O/c1-11(2)8-12-4-6-14(7-5-12)17(3)15(18)13-9-16-10-13/h4-7,11,13,16H,8-10H2,1-3H3. The normalized spacial score (nSPS) is 15.6. The first kappa shape index (κ1) is 13.1. The third kappa shape index (κ3) is 2.91. The second-order valence-corrected chi connectivity index (χ2v) is 5.52. The van der Waals surface area contributed by atoms with E-state index in [1.165, 1.54) is 5.56 Å². The van der Waals surface area contributed by atoms with Crippen molar-refractivity contribution in [3.63, 3.8) is 0 Å². The first-order valence-electron chi connectivity index (χ1n) is 6.65. The molecule has 0 aliphatic carbocycles. The SMILES string of the molecule is CC(C)Cc1ccc(N(C)C(=O)C2CNC2)cc1. The summed E-state index contributed by atoms with van der Waals surface area (Å²) in [6.45, 7) is 6.06. The Morgan fingerprint density at radius 2 is 1.94 bits per heavy atom.